The third-order valence-corrected chi connectivity index (χ3v) is 9.22. The highest BCUT2D eigenvalue weighted by molar-refractivity contribution is 6.34. The lowest BCUT2D eigenvalue weighted by atomic mass is 10.1. The fourth-order valence-electron chi connectivity index (χ4n) is 6.68. The number of pyridine rings is 2. The Bertz CT molecular complexity index is 2510. The zero-order valence-electron chi connectivity index (χ0n) is 26.2. The van der Waals surface area contributed by atoms with Gasteiger partial charge in [-0.15, -0.1) is 0 Å². The second-order valence-electron chi connectivity index (χ2n) is 11.8. The van der Waals surface area contributed by atoms with Gasteiger partial charge >= 0.3 is 0 Å². The molecule has 0 spiro atoms. The molecule has 0 bridgehead atoms. The molecule has 0 unspecified atom stereocenters. The largest absolute Gasteiger partial charge is 0.293 e. The fraction of sp³-hybridized carbons (Fsp3) is 0.0233. The average molecular weight is 660 g/mol. The molecule has 1 aliphatic carbocycles. The standard InChI is InChI=1S/C21H13FN2.C13H10.C9H5ClFN/c22-18-13-23-21(17-10-2-1-7-14(17)18)24-19-11-5-3-8-15(19)16-9-4-6-12-20(16)24;1-3-7-12-10(5-1)9-11-6-2-4-8-13(11)12;10-9-7-4-2-1-3-6(7)8(11)5-12-9/h1-13H;1-8H,9H2;1-5H. The van der Waals surface area contributed by atoms with E-state index in [1.54, 1.807) is 30.3 Å². The summed E-state index contributed by atoms with van der Waals surface area (Å²) in [4.78, 5) is 8.13. The van der Waals surface area contributed by atoms with Crippen LogP contribution in [-0.2, 0) is 6.42 Å². The van der Waals surface area contributed by atoms with Crippen molar-refractivity contribution < 1.29 is 8.78 Å². The molecule has 236 valence electrons. The number of nitrogens with zero attached hydrogens (tertiary/aromatic N) is 3. The first-order chi connectivity index (χ1) is 24.1. The first-order valence-electron chi connectivity index (χ1n) is 15.9. The van der Waals surface area contributed by atoms with Crippen molar-refractivity contribution in [1.82, 2.24) is 14.5 Å². The molecule has 9 aromatic rings. The van der Waals surface area contributed by atoms with Gasteiger partial charge in [-0.05, 0) is 40.8 Å². The molecule has 0 fully saturated rings. The molecule has 0 amide bonds. The van der Waals surface area contributed by atoms with E-state index in [0.717, 1.165) is 34.9 Å². The van der Waals surface area contributed by atoms with Gasteiger partial charge in [-0.3, -0.25) is 4.57 Å². The van der Waals surface area contributed by atoms with Gasteiger partial charge in [0.1, 0.15) is 22.6 Å². The Morgan fingerprint density at radius 2 is 0.857 bits per heavy atom. The third-order valence-electron chi connectivity index (χ3n) is 8.92. The SMILES string of the molecule is Fc1cnc(-n2c3ccccc3c3ccccc32)c2ccccc12.Fc1cnc(Cl)c2ccccc12.c1ccc2c(c1)Cc1ccccc1-2. The van der Waals surface area contributed by atoms with Crippen LogP contribution in [0.25, 0.3) is 60.3 Å². The first kappa shape index (κ1) is 30.4. The molecule has 1 aliphatic rings. The monoisotopic (exact) mass is 659 g/mol. The minimum Gasteiger partial charge on any atom is -0.293 e. The van der Waals surface area contributed by atoms with E-state index >= 15 is 0 Å². The summed E-state index contributed by atoms with van der Waals surface area (Å²) in [6, 6.07) is 48.3. The number of para-hydroxylation sites is 2. The van der Waals surface area contributed by atoms with Gasteiger partial charge in [-0.25, -0.2) is 18.7 Å². The Labute approximate surface area is 286 Å². The number of halogens is 3. The lowest BCUT2D eigenvalue weighted by Gasteiger charge is -2.10. The fourth-order valence-corrected chi connectivity index (χ4v) is 6.89. The molecule has 6 heteroatoms. The van der Waals surface area contributed by atoms with Crippen molar-refractivity contribution in [2.45, 2.75) is 6.42 Å². The van der Waals surface area contributed by atoms with Crippen LogP contribution in [-0.4, -0.2) is 14.5 Å². The maximum absolute atomic E-state index is 14.2. The average Bonchev–Trinajstić information content (AvgIpc) is 3.70. The van der Waals surface area contributed by atoms with Crippen LogP contribution in [0.4, 0.5) is 8.78 Å². The van der Waals surface area contributed by atoms with Crippen LogP contribution >= 0.6 is 11.6 Å². The number of fused-ring (bicyclic) bond motifs is 8. The van der Waals surface area contributed by atoms with Gasteiger partial charge in [0.2, 0.25) is 0 Å². The number of hydrogen-bond acceptors (Lipinski definition) is 2. The van der Waals surface area contributed by atoms with Crippen molar-refractivity contribution in [3.63, 3.8) is 0 Å². The van der Waals surface area contributed by atoms with Gasteiger partial charge < -0.3 is 0 Å². The smallest absolute Gasteiger partial charge is 0.149 e. The lowest BCUT2D eigenvalue weighted by molar-refractivity contribution is 0.633. The summed E-state index contributed by atoms with van der Waals surface area (Å²) < 4.78 is 29.3. The van der Waals surface area contributed by atoms with E-state index in [2.05, 4.69) is 87.3 Å². The van der Waals surface area contributed by atoms with Crippen LogP contribution in [0.3, 0.4) is 0 Å². The number of rotatable bonds is 1. The van der Waals surface area contributed by atoms with Crippen LogP contribution in [0.2, 0.25) is 5.15 Å². The van der Waals surface area contributed by atoms with Crippen LogP contribution in [0.5, 0.6) is 0 Å². The van der Waals surface area contributed by atoms with E-state index in [-0.39, 0.29) is 11.6 Å². The Morgan fingerprint density at radius 1 is 0.449 bits per heavy atom. The molecular formula is C43H28ClF2N3. The van der Waals surface area contributed by atoms with Gasteiger partial charge in [-0.2, -0.15) is 0 Å². The zero-order valence-corrected chi connectivity index (χ0v) is 26.9. The predicted octanol–water partition coefficient (Wildman–Crippen LogP) is 11.8. The summed E-state index contributed by atoms with van der Waals surface area (Å²) in [6.07, 6.45) is 3.54. The van der Waals surface area contributed by atoms with Crippen molar-refractivity contribution in [1.29, 1.82) is 0 Å². The van der Waals surface area contributed by atoms with Gasteiger partial charge in [-0.1, -0.05) is 145 Å². The summed E-state index contributed by atoms with van der Waals surface area (Å²) in [7, 11) is 0. The molecule has 10 rings (SSSR count). The molecule has 49 heavy (non-hydrogen) atoms. The Balaban J connectivity index is 0.000000117. The zero-order chi connectivity index (χ0) is 33.3. The summed E-state index contributed by atoms with van der Waals surface area (Å²) in [6.45, 7) is 0. The molecule has 0 radical (unpaired) electrons. The third kappa shape index (κ3) is 5.58. The van der Waals surface area contributed by atoms with Crippen LogP contribution in [0.1, 0.15) is 11.1 Å². The van der Waals surface area contributed by atoms with E-state index in [1.807, 2.05) is 42.5 Å². The predicted molar refractivity (Wildman–Crippen MR) is 197 cm³/mol. The summed E-state index contributed by atoms with van der Waals surface area (Å²) in [5.74, 6) is 0.120. The highest BCUT2D eigenvalue weighted by Gasteiger charge is 2.17. The molecule has 3 heterocycles. The molecule has 0 saturated heterocycles. The van der Waals surface area contributed by atoms with Gasteiger partial charge in [0.15, 0.2) is 0 Å². The summed E-state index contributed by atoms with van der Waals surface area (Å²) >= 11 is 5.75. The van der Waals surface area contributed by atoms with E-state index in [4.69, 9.17) is 11.6 Å². The minimum atomic E-state index is -0.338. The van der Waals surface area contributed by atoms with Crippen molar-refractivity contribution in [2.24, 2.45) is 0 Å². The van der Waals surface area contributed by atoms with Crippen LogP contribution < -0.4 is 0 Å². The summed E-state index contributed by atoms with van der Waals surface area (Å²) in [5.41, 5.74) is 7.90. The summed E-state index contributed by atoms with van der Waals surface area (Å²) in [5, 5.41) is 5.24. The van der Waals surface area contributed by atoms with Crippen molar-refractivity contribution >= 4 is 55.0 Å². The number of hydrogen-bond donors (Lipinski definition) is 0. The van der Waals surface area contributed by atoms with Crippen LogP contribution in [0.15, 0.2) is 158 Å². The maximum atomic E-state index is 14.2. The number of aromatic nitrogens is 3. The van der Waals surface area contributed by atoms with E-state index in [1.165, 1.54) is 39.2 Å². The molecule has 3 aromatic heterocycles. The van der Waals surface area contributed by atoms with Gasteiger partial charge in [0, 0.05) is 32.3 Å². The molecule has 3 nitrogen and oxygen atoms in total. The van der Waals surface area contributed by atoms with Gasteiger partial charge in [0.25, 0.3) is 0 Å². The van der Waals surface area contributed by atoms with Crippen LogP contribution in [0, 0.1) is 11.6 Å². The number of benzene rings is 6. The first-order valence-corrected chi connectivity index (χ1v) is 16.3. The highest BCUT2D eigenvalue weighted by atomic mass is 35.5. The highest BCUT2D eigenvalue weighted by Crippen LogP contribution is 2.36. The van der Waals surface area contributed by atoms with E-state index < -0.39 is 0 Å². The molecular weight excluding hydrogens is 632 g/mol. The Kier molecular flexibility index (Phi) is 8.04. The Hall–Kier alpha value is -5.91. The van der Waals surface area contributed by atoms with Gasteiger partial charge in [0.05, 0.1) is 23.4 Å². The van der Waals surface area contributed by atoms with Crippen molar-refractivity contribution in [3.8, 4) is 16.9 Å². The molecule has 0 N–H and O–H groups in total. The second-order valence-corrected chi connectivity index (χ2v) is 12.1. The van der Waals surface area contributed by atoms with Crippen molar-refractivity contribution in [3.05, 3.63) is 186 Å². The molecule has 6 aromatic carbocycles. The quantitative estimate of drug-likeness (QED) is 0.164. The minimum absolute atomic E-state index is 0.296. The normalized spacial score (nSPS) is 11.5. The van der Waals surface area contributed by atoms with Crippen molar-refractivity contribution in [2.75, 3.05) is 0 Å². The molecule has 0 aliphatic heterocycles. The molecule has 0 saturated carbocycles. The van der Waals surface area contributed by atoms with E-state index in [9.17, 15) is 8.78 Å². The lowest BCUT2D eigenvalue weighted by Crippen LogP contribution is -1.99. The second kappa shape index (κ2) is 12.9. The maximum Gasteiger partial charge on any atom is 0.149 e. The topological polar surface area (TPSA) is 30.7 Å². The molecule has 0 atom stereocenters. The Morgan fingerprint density at radius 3 is 1.41 bits per heavy atom. The van der Waals surface area contributed by atoms with E-state index in [0.29, 0.717) is 21.3 Å².